The van der Waals surface area contributed by atoms with Crippen LogP contribution < -0.4 is 16.6 Å². The van der Waals surface area contributed by atoms with Crippen molar-refractivity contribution in [2.75, 3.05) is 39.0 Å². The summed E-state index contributed by atoms with van der Waals surface area (Å²) >= 11 is 6.43. The Morgan fingerprint density at radius 1 is 0.978 bits per heavy atom. The van der Waals surface area contributed by atoms with Gasteiger partial charge in [0.1, 0.15) is 0 Å². The molecular weight excluding hydrogens is 626 g/mol. The van der Waals surface area contributed by atoms with E-state index in [-0.39, 0.29) is 27.7 Å². The first-order chi connectivity index (χ1) is 22.0. The number of nitrogens with two attached hydrogens (primary N) is 1. The van der Waals surface area contributed by atoms with Gasteiger partial charge in [0.05, 0.1) is 33.2 Å². The van der Waals surface area contributed by atoms with E-state index in [0.717, 1.165) is 0 Å². The van der Waals surface area contributed by atoms with Gasteiger partial charge in [0, 0.05) is 43.1 Å². The highest BCUT2D eigenvalue weighted by atomic mass is 35.5. The monoisotopic (exact) mass is 657 g/mol. The number of aromatic nitrogens is 3. The third-order valence-electron chi connectivity index (χ3n) is 8.08. The van der Waals surface area contributed by atoms with Gasteiger partial charge < -0.3 is 16.0 Å². The number of carbonyl (C=O) groups is 1. The Morgan fingerprint density at radius 3 is 2.43 bits per heavy atom. The number of fused-ring (bicyclic) bond motifs is 1. The smallest absolute Gasteiger partial charge is 0.274 e. The summed E-state index contributed by atoms with van der Waals surface area (Å²) in [5, 5.41) is 4.24. The summed E-state index contributed by atoms with van der Waals surface area (Å²) in [6, 6.07) is 21.8. The second-order valence-electron chi connectivity index (χ2n) is 11.2. The molecule has 1 saturated heterocycles. The molecule has 2 aromatic heterocycles. The van der Waals surface area contributed by atoms with E-state index in [1.807, 2.05) is 31.3 Å². The first-order valence-corrected chi connectivity index (χ1v) is 16.5. The second kappa shape index (κ2) is 12.6. The number of para-hydroxylation sites is 1. The molecule has 0 radical (unpaired) electrons. The molecule has 236 valence electrons. The lowest BCUT2D eigenvalue weighted by atomic mass is 10.1. The first-order valence-electron chi connectivity index (χ1n) is 14.7. The molecule has 0 saturated carbocycles. The molecule has 1 unspecified atom stereocenters. The largest absolute Gasteiger partial charge is 0.382 e. The van der Waals surface area contributed by atoms with Gasteiger partial charge >= 0.3 is 0 Å². The lowest BCUT2D eigenvalue weighted by molar-refractivity contribution is 0.0934. The molecule has 3 heterocycles. The van der Waals surface area contributed by atoms with Crippen LogP contribution in [-0.4, -0.2) is 71.3 Å². The third-order valence-corrected chi connectivity index (χ3v) is 10.3. The van der Waals surface area contributed by atoms with E-state index in [0.29, 0.717) is 58.9 Å². The van der Waals surface area contributed by atoms with Gasteiger partial charge in [0.25, 0.3) is 11.5 Å². The fraction of sp³-hybridized carbons (Fsp3) is 0.212. The fourth-order valence-corrected chi connectivity index (χ4v) is 7.27. The molecular formula is C33H32ClN7O4S. The van der Waals surface area contributed by atoms with Crippen LogP contribution in [-0.2, 0) is 10.0 Å². The summed E-state index contributed by atoms with van der Waals surface area (Å²) < 4.78 is 29.7. The van der Waals surface area contributed by atoms with E-state index in [1.54, 1.807) is 55.5 Å². The summed E-state index contributed by atoms with van der Waals surface area (Å²) in [7, 11) is -1.77. The van der Waals surface area contributed by atoms with E-state index in [1.165, 1.54) is 21.1 Å². The molecule has 13 heteroatoms. The zero-order chi connectivity index (χ0) is 32.6. The molecule has 11 nitrogen and oxygen atoms in total. The Hall–Kier alpha value is -4.62. The Kier molecular flexibility index (Phi) is 8.62. The molecule has 5 aromatic rings. The van der Waals surface area contributed by atoms with Crippen LogP contribution in [0.25, 0.3) is 27.7 Å². The zero-order valence-electron chi connectivity index (χ0n) is 25.2. The number of piperazine rings is 1. The van der Waals surface area contributed by atoms with Crippen molar-refractivity contribution in [1.82, 2.24) is 29.1 Å². The van der Waals surface area contributed by atoms with E-state index < -0.39 is 22.0 Å². The maximum atomic E-state index is 13.8. The molecule has 0 bridgehead atoms. The number of nitrogens with zero attached hydrogens (tertiary/aromatic N) is 5. The molecule has 3 aromatic carbocycles. The first kappa shape index (κ1) is 31.4. The Morgan fingerprint density at radius 2 is 1.70 bits per heavy atom. The number of sulfonamides is 1. The maximum absolute atomic E-state index is 13.8. The molecule has 0 spiro atoms. The zero-order valence-corrected chi connectivity index (χ0v) is 26.8. The van der Waals surface area contributed by atoms with Crippen molar-refractivity contribution in [3.8, 4) is 16.9 Å². The molecule has 1 fully saturated rings. The number of hydrogen-bond donors (Lipinski definition) is 2. The predicted molar refractivity (Wildman–Crippen MR) is 179 cm³/mol. The third kappa shape index (κ3) is 5.99. The minimum absolute atomic E-state index is 0.0968. The Balaban J connectivity index is 1.32. The number of pyridine rings is 1. The van der Waals surface area contributed by atoms with Gasteiger partial charge in [0.2, 0.25) is 10.0 Å². The van der Waals surface area contributed by atoms with Crippen molar-refractivity contribution < 1.29 is 13.2 Å². The number of halogens is 1. The van der Waals surface area contributed by atoms with Crippen molar-refractivity contribution in [2.45, 2.75) is 17.9 Å². The topological polar surface area (TPSA) is 144 Å². The van der Waals surface area contributed by atoms with Crippen LogP contribution in [0.3, 0.4) is 0 Å². The second-order valence-corrected chi connectivity index (χ2v) is 13.5. The number of nitrogens with one attached hydrogen (secondary N) is 1. The van der Waals surface area contributed by atoms with Crippen LogP contribution >= 0.6 is 11.6 Å². The van der Waals surface area contributed by atoms with Crippen LogP contribution in [0.4, 0.5) is 5.82 Å². The molecule has 1 atom stereocenters. The highest BCUT2D eigenvalue weighted by molar-refractivity contribution is 7.89. The maximum Gasteiger partial charge on any atom is 0.274 e. The summed E-state index contributed by atoms with van der Waals surface area (Å²) in [6.07, 6.45) is 1.40. The fourth-order valence-electron chi connectivity index (χ4n) is 5.54. The van der Waals surface area contributed by atoms with Crippen LogP contribution in [0, 0.1) is 0 Å². The minimum atomic E-state index is -3.73. The average molecular weight is 658 g/mol. The van der Waals surface area contributed by atoms with Crippen molar-refractivity contribution in [2.24, 2.45) is 0 Å². The number of carbonyl (C=O) groups excluding carboxylic acids is 1. The summed E-state index contributed by atoms with van der Waals surface area (Å²) in [6.45, 7) is 3.84. The Bertz CT molecular complexity index is 2110. The van der Waals surface area contributed by atoms with Crippen molar-refractivity contribution in [3.63, 3.8) is 0 Å². The lowest BCUT2D eigenvalue weighted by Gasteiger charge is -2.31. The SMILES string of the molecule is CC(NC(=O)c1nc(-c2cccc(S(=O)(=O)N3CCN(C)CC3)c2)cnc1N)c1cc2cccc(Cl)c2c(=O)n1-c1ccccc1. The summed E-state index contributed by atoms with van der Waals surface area (Å²) in [5.41, 5.74) is 7.54. The molecule has 1 aliphatic rings. The van der Waals surface area contributed by atoms with E-state index in [9.17, 15) is 18.0 Å². The van der Waals surface area contributed by atoms with Gasteiger partial charge in [-0.2, -0.15) is 4.31 Å². The molecule has 1 amide bonds. The standard InChI is InChI=1S/C33H32ClN7O4S/c1-21(28-19-23-9-7-13-26(34)29(23)33(43)41(28)24-10-4-3-5-11-24)37-32(42)30-31(35)36-20-27(38-30)22-8-6-12-25(18-22)46(44,45)40-16-14-39(2)15-17-40/h3-13,18-21H,14-17H2,1-2H3,(H2,35,36)(H,37,42). The molecule has 0 aliphatic carbocycles. The number of nitrogen functional groups attached to an aromatic ring is 1. The quantitative estimate of drug-likeness (QED) is 0.266. The van der Waals surface area contributed by atoms with Gasteiger partial charge in [-0.1, -0.05) is 54.1 Å². The van der Waals surface area contributed by atoms with E-state index in [2.05, 4.69) is 20.2 Å². The number of benzene rings is 3. The number of rotatable bonds is 7. The minimum Gasteiger partial charge on any atom is -0.382 e. The van der Waals surface area contributed by atoms with E-state index >= 15 is 0 Å². The summed E-state index contributed by atoms with van der Waals surface area (Å²) in [5.74, 6) is -0.709. The highest BCUT2D eigenvalue weighted by Gasteiger charge is 2.28. The van der Waals surface area contributed by atoms with Gasteiger partial charge in [-0.05, 0) is 55.8 Å². The number of likely N-dealkylation sites (N-methyl/N-ethyl adjacent to an activating group) is 1. The van der Waals surface area contributed by atoms with Crippen LogP contribution in [0.5, 0.6) is 0 Å². The van der Waals surface area contributed by atoms with Crippen molar-refractivity contribution in [1.29, 1.82) is 0 Å². The highest BCUT2D eigenvalue weighted by Crippen LogP contribution is 2.27. The van der Waals surface area contributed by atoms with Gasteiger partial charge in [-0.25, -0.2) is 18.4 Å². The summed E-state index contributed by atoms with van der Waals surface area (Å²) in [4.78, 5) is 38.3. The number of anilines is 1. The van der Waals surface area contributed by atoms with Crippen LogP contribution in [0.2, 0.25) is 5.02 Å². The van der Waals surface area contributed by atoms with Gasteiger partial charge in [-0.3, -0.25) is 14.2 Å². The Labute approximate surface area is 271 Å². The normalized spacial score (nSPS) is 15.1. The van der Waals surface area contributed by atoms with Crippen molar-refractivity contribution >= 4 is 44.1 Å². The van der Waals surface area contributed by atoms with E-state index in [4.69, 9.17) is 17.3 Å². The molecule has 3 N–H and O–H groups in total. The lowest BCUT2D eigenvalue weighted by Crippen LogP contribution is -2.47. The molecule has 46 heavy (non-hydrogen) atoms. The molecule has 6 rings (SSSR count). The average Bonchev–Trinajstić information content (AvgIpc) is 3.05. The van der Waals surface area contributed by atoms with Crippen LogP contribution in [0.1, 0.15) is 29.1 Å². The van der Waals surface area contributed by atoms with Gasteiger partial charge in [-0.15, -0.1) is 0 Å². The predicted octanol–water partition coefficient (Wildman–Crippen LogP) is 4.11. The number of hydrogen-bond acceptors (Lipinski definition) is 8. The van der Waals surface area contributed by atoms with Gasteiger partial charge in [0.15, 0.2) is 11.5 Å². The van der Waals surface area contributed by atoms with Crippen molar-refractivity contribution in [3.05, 3.63) is 112 Å². The van der Waals surface area contributed by atoms with Crippen LogP contribution in [0.15, 0.2) is 94.7 Å². The molecule has 1 aliphatic heterocycles. The number of amides is 1.